The van der Waals surface area contributed by atoms with E-state index in [2.05, 4.69) is 29.1 Å². The Morgan fingerprint density at radius 1 is 1.41 bits per heavy atom. The van der Waals surface area contributed by atoms with Gasteiger partial charge in [-0.15, -0.1) is 0 Å². The van der Waals surface area contributed by atoms with E-state index in [0.717, 1.165) is 32.0 Å². The van der Waals surface area contributed by atoms with Gasteiger partial charge in [-0.2, -0.15) is 0 Å². The number of aliphatic imine (C=N–C) groups is 1. The number of likely N-dealkylation sites (tertiary alicyclic amines) is 1. The van der Waals surface area contributed by atoms with Crippen LogP contribution in [0.4, 0.5) is 0 Å². The van der Waals surface area contributed by atoms with Crippen LogP contribution in [0.15, 0.2) is 4.99 Å². The minimum Gasteiger partial charge on any atom is -0.357 e. The number of nitrogens with zero attached hydrogens (tertiary/aromatic N) is 3. The molecule has 0 bridgehead atoms. The van der Waals surface area contributed by atoms with Gasteiger partial charge in [0.2, 0.25) is 10.0 Å². The van der Waals surface area contributed by atoms with Crippen molar-refractivity contribution in [3.63, 3.8) is 0 Å². The topological polar surface area (TPSA) is 65.0 Å². The first kappa shape index (κ1) is 19.2. The highest BCUT2D eigenvalue weighted by Crippen LogP contribution is 2.15. The van der Waals surface area contributed by atoms with E-state index in [1.807, 2.05) is 0 Å². The van der Waals surface area contributed by atoms with Gasteiger partial charge < -0.3 is 10.2 Å². The molecule has 0 aliphatic carbocycles. The summed E-state index contributed by atoms with van der Waals surface area (Å²) in [6.07, 6.45) is 3.24. The average Bonchev–Trinajstić information content (AvgIpc) is 2.50. The fourth-order valence-electron chi connectivity index (χ4n) is 2.65. The Balaban J connectivity index is 2.49. The number of rotatable bonds is 7. The van der Waals surface area contributed by atoms with Crippen LogP contribution in [0, 0.1) is 5.92 Å². The maximum Gasteiger partial charge on any atom is 0.213 e. The first-order chi connectivity index (χ1) is 10.4. The van der Waals surface area contributed by atoms with E-state index in [9.17, 15) is 8.42 Å². The third-order valence-corrected chi connectivity index (χ3v) is 5.89. The molecule has 1 aliphatic heterocycles. The summed E-state index contributed by atoms with van der Waals surface area (Å²) < 4.78 is 24.8. The highest BCUT2D eigenvalue weighted by Gasteiger charge is 2.19. The number of hydrogen-bond acceptors (Lipinski definition) is 3. The van der Waals surface area contributed by atoms with Crippen LogP contribution in [0.3, 0.4) is 0 Å². The van der Waals surface area contributed by atoms with Gasteiger partial charge in [0, 0.05) is 39.8 Å². The smallest absolute Gasteiger partial charge is 0.213 e. The quantitative estimate of drug-likeness (QED) is 0.434. The molecular weight excluding hydrogens is 300 g/mol. The van der Waals surface area contributed by atoms with E-state index in [4.69, 9.17) is 0 Å². The van der Waals surface area contributed by atoms with Crippen LogP contribution < -0.4 is 5.32 Å². The van der Waals surface area contributed by atoms with E-state index in [1.165, 1.54) is 17.1 Å². The zero-order valence-corrected chi connectivity index (χ0v) is 15.3. The molecule has 7 heteroatoms. The highest BCUT2D eigenvalue weighted by atomic mass is 32.2. The van der Waals surface area contributed by atoms with E-state index in [0.29, 0.717) is 19.0 Å². The molecule has 1 unspecified atom stereocenters. The number of nitrogens with one attached hydrogen (secondary N) is 1. The highest BCUT2D eigenvalue weighted by molar-refractivity contribution is 7.89. The summed E-state index contributed by atoms with van der Waals surface area (Å²) in [5.74, 6) is 1.83. The minimum atomic E-state index is -3.08. The molecule has 130 valence electrons. The molecule has 1 fully saturated rings. The molecule has 0 spiro atoms. The summed E-state index contributed by atoms with van der Waals surface area (Å²) >= 11 is 0. The lowest BCUT2D eigenvalue weighted by Crippen LogP contribution is -2.46. The number of guanidine groups is 1. The van der Waals surface area contributed by atoms with Gasteiger partial charge in [-0.25, -0.2) is 12.7 Å². The van der Waals surface area contributed by atoms with Crippen LogP contribution in [0.2, 0.25) is 0 Å². The monoisotopic (exact) mass is 332 g/mol. The Morgan fingerprint density at radius 2 is 2.14 bits per heavy atom. The Morgan fingerprint density at radius 3 is 2.73 bits per heavy atom. The fourth-order valence-corrected chi connectivity index (χ4v) is 3.49. The number of hydrogen-bond donors (Lipinski definition) is 1. The number of sulfonamides is 1. The van der Waals surface area contributed by atoms with Crippen molar-refractivity contribution in [3.05, 3.63) is 0 Å². The molecule has 1 heterocycles. The summed E-state index contributed by atoms with van der Waals surface area (Å²) in [5, 5.41) is 3.35. The molecule has 0 saturated carbocycles. The molecule has 1 N–H and O–H groups in total. The van der Waals surface area contributed by atoms with E-state index >= 15 is 0 Å². The Kier molecular flexibility index (Phi) is 8.17. The molecule has 1 aliphatic rings. The van der Waals surface area contributed by atoms with Gasteiger partial charge in [0.1, 0.15) is 0 Å². The Labute approximate surface area is 136 Å². The molecule has 22 heavy (non-hydrogen) atoms. The molecule has 0 aromatic rings. The zero-order valence-electron chi connectivity index (χ0n) is 14.5. The van der Waals surface area contributed by atoms with Crippen molar-refractivity contribution in [1.29, 1.82) is 0 Å². The normalized spacial score (nSPS) is 20.5. The van der Waals surface area contributed by atoms with Gasteiger partial charge in [-0.3, -0.25) is 4.99 Å². The van der Waals surface area contributed by atoms with E-state index in [1.54, 1.807) is 14.0 Å². The zero-order chi connectivity index (χ0) is 16.6. The lowest BCUT2D eigenvalue weighted by atomic mass is 10.0. The van der Waals surface area contributed by atoms with Crippen molar-refractivity contribution in [3.8, 4) is 0 Å². The van der Waals surface area contributed by atoms with Crippen molar-refractivity contribution >= 4 is 16.0 Å². The molecule has 1 rings (SSSR count). The fraction of sp³-hybridized carbons (Fsp3) is 0.933. The SMILES string of the molecule is CCNC(=NCCCN(C)S(=O)(=O)CC)N1CCCC(C)C1. The molecule has 1 atom stereocenters. The molecule has 0 aromatic carbocycles. The van der Waals surface area contributed by atoms with Crippen molar-refractivity contribution in [2.45, 2.75) is 40.0 Å². The molecule has 0 aromatic heterocycles. The van der Waals surface area contributed by atoms with Crippen LogP contribution in [0.25, 0.3) is 0 Å². The summed E-state index contributed by atoms with van der Waals surface area (Å²) in [6.45, 7) is 10.2. The number of piperidine rings is 1. The van der Waals surface area contributed by atoms with Gasteiger partial charge >= 0.3 is 0 Å². The minimum absolute atomic E-state index is 0.154. The van der Waals surface area contributed by atoms with Crippen molar-refractivity contribution in [2.24, 2.45) is 10.9 Å². The van der Waals surface area contributed by atoms with Gasteiger partial charge in [-0.05, 0) is 39.0 Å². The Hall–Kier alpha value is -0.820. The average molecular weight is 333 g/mol. The van der Waals surface area contributed by atoms with E-state index in [-0.39, 0.29) is 5.75 Å². The van der Waals surface area contributed by atoms with Gasteiger partial charge in [-0.1, -0.05) is 6.92 Å². The van der Waals surface area contributed by atoms with Gasteiger partial charge in [0.25, 0.3) is 0 Å². The summed E-state index contributed by atoms with van der Waals surface area (Å²) in [4.78, 5) is 6.98. The molecule has 0 radical (unpaired) electrons. The van der Waals surface area contributed by atoms with E-state index < -0.39 is 10.0 Å². The standard InChI is InChI=1S/C15H32N4O2S/c1-5-16-15(19-12-7-9-14(3)13-19)17-10-8-11-18(4)22(20,21)6-2/h14H,5-13H2,1-4H3,(H,16,17). The van der Waals surface area contributed by atoms with Crippen LogP contribution in [0.1, 0.15) is 40.0 Å². The van der Waals surface area contributed by atoms with Gasteiger partial charge in [0.05, 0.1) is 5.75 Å². The maximum absolute atomic E-state index is 11.7. The lowest BCUT2D eigenvalue weighted by Gasteiger charge is -2.33. The Bertz CT molecular complexity index is 450. The van der Waals surface area contributed by atoms with Crippen LogP contribution in [-0.2, 0) is 10.0 Å². The third-order valence-electron chi connectivity index (χ3n) is 4.02. The summed E-state index contributed by atoms with van der Waals surface area (Å²) in [5.41, 5.74) is 0. The van der Waals surface area contributed by atoms with Crippen molar-refractivity contribution in [1.82, 2.24) is 14.5 Å². The van der Waals surface area contributed by atoms with Crippen LogP contribution in [-0.4, -0.2) is 69.1 Å². The summed E-state index contributed by atoms with van der Waals surface area (Å²) in [7, 11) is -1.44. The lowest BCUT2D eigenvalue weighted by molar-refractivity contribution is 0.266. The third kappa shape index (κ3) is 6.12. The predicted octanol–water partition coefficient (Wildman–Crippen LogP) is 1.36. The largest absolute Gasteiger partial charge is 0.357 e. The second-order valence-corrected chi connectivity index (χ2v) is 8.37. The first-order valence-corrected chi connectivity index (χ1v) is 9.98. The second-order valence-electron chi connectivity index (χ2n) is 6.00. The molecule has 0 amide bonds. The molecule has 1 saturated heterocycles. The summed E-state index contributed by atoms with van der Waals surface area (Å²) in [6, 6.07) is 0. The second kappa shape index (κ2) is 9.35. The van der Waals surface area contributed by atoms with Gasteiger partial charge in [0.15, 0.2) is 5.96 Å². The first-order valence-electron chi connectivity index (χ1n) is 8.38. The maximum atomic E-state index is 11.7. The van der Waals surface area contributed by atoms with Crippen LogP contribution >= 0.6 is 0 Å². The van der Waals surface area contributed by atoms with Crippen LogP contribution in [0.5, 0.6) is 0 Å². The van der Waals surface area contributed by atoms with Crippen molar-refractivity contribution in [2.75, 3.05) is 45.5 Å². The van der Waals surface area contributed by atoms with Crippen molar-refractivity contribution < 1.29 is 8.42 Å². The molecular formula is C15H32N4O2S. The molecule has 6 nitrogen and oxygen atoms in total. The predicted molar refractivity (Wildman–Crippen MR) is 92.7 cm³/mol.